The lowest BCUT2D eigenvalue weighted by molar-refractivity contribution is -0.150. The molecule has 0 N–H and O–H groups in total. The molecule has 0 aliphatic carbocycles. The molecule has 4 aromatic carbocycles. The van der Waals surface area contributed by atoms with E-state index >= 15 is 0 Å². The third kappa shape index (κ3) is 15.6. The predicted octanol–water partition coefficient (Wildman–Crippen LogP) is 7.39. The molecule has 0 aromatic heterocycles. The van der Waals surface area contributed by atoms with Gasteiger partial charge in [0.1, 0.15) is 46.8 Å². The van der Waals surface area contributed by atoms with Crippen LogP contribution in [-0.4, -0.2) is 99.9 Å². The van der Waals surface area contributed by atoms with Gasteiger partial charge >= 0.3 is 35.8 Å². The summed E-state index contributed by atoms with van der Waals surface area (Å²) in [5.74, 6) is -2.52. The van der Waals surface area contributed by atoms with Gasteiger partial charge < -0.3 is 47.4 Å². The van der Waals surface area contributed by atoms with Crippen molar-refractivity contribution in [1.29, 1.82) is 5.26 Å². The zero-order valence-corrected chi connectivity index (χ0v) is 38.8. The molecule has 2 unspecified atom stereocenters. The number of carbonyl (C=O) groups excluding carboxylic acids is 6. The Morgan fingerprint density at radius 3 is 1.40 bits per heavy atom. The van der Waals surface area contributed by atoms with Crippen molar-refractivity contribution in [2.45, 2.75) is 50.1 Å². The fourth-order valence-corrected chi connectivity index (χ4v) is 6.85. The molecule has 4 aromatic rings. The van der Waals surface area contributed by atoms with Gasteiger partial charge in [-0.2, -0.15) is 5.26 Å². The summed E-state index contributed by atoms with van der Waals surface area (Å²) in [5.41, 5.74) is 0.785. The second-order valence-corrected chi connectivity index (χ2v) is 15.6. The number of hydrogen-bond acceptors (Lipinski definition) is 17. The molecular formula is C54H48N2O16. The van der Waals surface area contributed by atoms with E-state index in [4.69, 9.17) is 53.9 Å². The van der Waals surface area contributed by atoms with Gasteiger partial charge in [0.15, 0.2) is 12.2 Å². The van der Waals surface area contributed by atoms with E-state index in [1.807, 2.05) is 6.07 Å². The van der Waals surface area contributed by atoms with Gasteiger partial charge in [0.2, 0.25) is 0 Å². The van der Waals surface area contributed by atoms with Crippen LogP contribution in [0.25, 0.3) is 17.0 Å². The number of rotatable bonds is 24. The number of ether oxygens (including phenoxy) is 10. The lowest BCUT2D eigenvalue weighted by Crippen LogP contribution is -2.36. The Morgan fingerprint density at radius 2 is 0.986 bits per heavy atom. The van der Waals surface area contributed by atoms with Gasteiger partial charge in [0.25, 0.3) is 5.70 Å². The molecule has 370 valence electrons. The first kappa shape index (κ1) is 52.5. The van der Waals surface area contributed by atoms with Crippen molar-refractivity contribution in [2.24, 2.45) is 0 Å². The van der Waals surface area contributed by atoms with Gasteiger partial charge in [-0.3, -0.25) is 4.79 Å². The summed E-state index contributed by atoms with van der Waals surface area (Å²) in [5, 5.41) is 9.82. The molecule has 0 spiro atoms. The minimum Gasteiger partial charge on any atom is -0.494 e. The van der Waals surface area contributed by atoms with Crippen molar-refractivity contribution in [2.75, 3.05) is 39.6 Å². The van der Waals surface area contributed by atoms with Crippen LogP contribution in [0.5, 0.6) is 23.0 Å². The number of nitriles is 1. The molecule has 2 saturated heterocycles. The zero-order chi connectivity index (χ0) is 51.2. The van der Waals surface area contributed by atoms with Gasteiger partial charge in [0, 0.05) is 12.2 Å². The SMILES string of the molecule is [C-]#[N+]/C(=C\c1ccc(OC(=O)c2ccc(OCCCCOC(=O)C=C)cc2)cc1)C(=O)O[C@H]1COC2C1OC[C@H]2OC(=O)/C(C#N)=C/c1ccc(OC(=O)c2ccc(OCCCCOC(=O)C=C)cc2)cc1. The number of hydrogen-bond donors (Lipinski definition) is 0. The molecule has 2 fully saturated rings. The van der Waals surface area contributed by atoms with Crippen molar-refractivity contribution in [3.8, 4) is 29.1 Å². The first-order valence-corrected chi connectivity index (χ1v) is 22.5. The summed E-state index contributed by atoms with van der Waals surface area (Å²) in [6.45, 7) is 15.4. The van der Waals surface area contributed by atoms with Crippen LogP contribution in [0.4, 0.5) is 0 Å². The Hall–Kier alpha value is -8.84. The minimum absolute atomic E-state index is 0.108. The summed E-state index contributed by atoms with van der Waals surface area (Å²) < 4.78 is 54.9. The highest BCUT2D eigenvalue weighted by molar-refractivity contribution is 5.98. The van der Waals surface area contributed by atoms with Crippen molar-refractivity contribution in [1.82, 2.24) is 0 Å². The predicted molar refractivity (Wildman–Crippen MR) is 255 cm³/mol. The Kier molecular flexibility index (Phi) is 19.5. The largest absolute Gasteiger partial charge is 0.494 e. The quantitative estimate of drug-likeness (QED) is 0.0127. The van der Waals surface area contributed by atoms with Crippen LogP contribution in [0.15, 0.2) is 134 Å². The molecular weight excluding hydrogens is 933 g/mol. The zero-order valence-electron chi connectivity index (χ0n) is 38.8. The Morgan fingerprint density at radius 1 is 0.583 bits per heavy atom. The maximum atomic E-state index is 13.1. The number of unbranched alkanes of at least 4 members (excludes halogenated alkanes) is 2. The third-order valence-corrected chi connectivity index (χ3v) is 10.6. The summed E-state index contributed by atoms with van der Waals surface area (Å²) in [7, 11) is 0. The highest BCUT2D eigenvalue weighted by Gasteiger charge is 2.51. The normalized spacial score (nSPS) is 16.9. The van der Waals surface area contributed by atoms with E-state index in [0.717, 1.165) is 12.2 Å². The third-order valence-electron chi connectivity index (χ3n) is 10.6. The summed E-state index contributed by atoms with van der Waals surface area (Å²) in [6, 6.07) is 26.8. The number of nitrogens with zero attached hydrogens (tertiary/aromatic N) is 2. The van der Waals surface area contributed by atoms with E-state index in [9.17, 15) is 34.0 Å². The molecule has 0 bridgehead atoms. The van der Waals surface area contributed by atoms with E-state index in [1.54, 1.807) is 72.8 Å². The Balaban J connectivity index is 0.922. The van der Waals surface area contributed by atoms with E-state index < -0.39 is 60.2 Å². The van der Waals surface area contributed by atoms with Crippen molar-refractivity contribution in [3.63, 3.8) is 0 Å². The van der Waals surface area contributed by atoms with Crippen molar-refractivity contribution < 1.29 is 76.1 Å². The second-order valence-electron chi connectivity index (χ2n) is 15.6. The van der Waals surface area contributed by atoms with Crippen LogP contribution in [0.2, 0.25) is 0 Å². The van der Waals surface area contributed by atoms with Crippen molar-refractivity contribution in [3.05, 3.63) is 167 Å². The standard InChI is InChI=1S/C54H48N2O16/c1-4-47(57)65-28-8-6-26-63-40-22-14-37(15-23-40)51(59)69-42-18-10-35(11-19-42)30-39(32-55)53(61)71-45-33-67-50-46(34-68-49(45)50)72-54(62)44(56-3)31-36-12-20-43(21-13-36)70-52(60)38-16-24-41(25-17-38)64-27-7-9-29-66-48(58)5-2/h4-5,10-25,30-31,45-46,49-50H,1-2,6-9,26-29,33-34H2/b39-30+,44-31-/t45-,46+,49?,50?/m1/s1. The molecule has 2 heterocycles. The smallest absolute Gasteiger partial charge is 0.349 e. The van der Waals surface area contributed by atoms with Crippen LogP contribution >= 0.6 is 0 Å². The van der Waals surface area contributed by atoms with Crippen LogP contribution in [0, 0.1) is 17.9 Å². The number of esters is 6. The van der Waals surface area contributed by atoms with E-state index in [0.29, 0.717) is 61.5 Å². The molecule has 72 heavy (non-hydrogen) atoms. The maximum Gasteiger partial charge on any atom is 0.349 e. The lowest BCUT2D eigenvalue weighted by Gasteiger charge is -2.17. The molecule has 0 amide bonds. The number of benzene rings is 4. The number of fused-ring (bicyclic) bond motifs is 1. The number of carbonyl (C=O) groups is 6. The molecule has 0 saturated carbocycles. The molecule has 2 aliphatic rings. The van der Waals surface area contributed by atoms with Crippen LogP contribution in [-0.2, 0) is 47.6 Å². The van der Waals surface area contributed by atoms with Crippen LogP contribution in [0.3, 0.4) is 0 Å². The average Bonchev–Trinajstić information content (AvgIpc) is 4.00. The summed E-state index contributed by atoms with van der Waals surface area (Å²) in [4.78, 5) is 77.4. The minimum atomic E-state index is -0.942. The monoisotopic (exact) mass is 980 g/mol. The Bertz CT molecular complexity index is 2540. The second kappa shape index (κ2) is 26.8. The molecule has 18 nitrogen and oxygen atoms in total. The molecule has 18 heteroatoms. The molecule has 4 atom stereocenters. The first-order valence-electron chi connectivity index (χ1n) is 22.5. The van der Waals surface area contributed by atoms with Crippen LogP contribution < -0.4 is 18.9 Å². The van der Waals surface area contributed by atoms with E-state index in [-0.39, 0.29) is 60.3 Å². The fourth-order valence-electron chi connectivity index (χ4n) is 6.85. The van der Waals surface area contributed by atoms with Crippen LogP contribution in [0.1, 0.15) is 57.5 Å². The highest BCUT2D eigenvalue weighted by Crippen LogP contribution is 2.32. The lowest BCUT2D eigenvalue weighted by atomic mass is 10.1. The van der Waals surface area contributed by atoms with Crippen molar-refractivity contribution >= 4 is 48.0 Å². The fraction of sp³-hybridized carbons (Fsp3) is 0.259. The van der Waals surface area contributed by atoms with E-state index in [1.165, 1.54) is 36.4 Å². The molecule has 0 radical (unpaired) electrons. The van der Waals surface area contributed by atoms with Gasteiger partial charge in [-0.1, -0.05) is 37.4 Å². The Labute approximate surface area is 414 Å². The van der Waals surface area contributed by atoms with Gasteiger partial charge in [0.05, 0.1) is 57.3 Å². The highest BCUT2D eigenvalue weighted by atomic mass is 16.7. The summed E-state index contributed by atoms with van der Waals surface area (Å²) in [6.07, 6.45) is 3.86. The average molecular weight is 981 g/mol. The van der Waals surface area contributed by atoms with Gasteiger partial charge in [-0.05, 0) is 122 Å². The first-order chi connectivity index (χ1) is 35.0. The summed E-state index contributed by atoms with van der Waals surface area (Å²) >= 11 is 0. The maximum absolute atomic E-state index is 13.1. The molecule has 2 aliphatic heterocycles. The van der Waals surface area contributed by atoms with E-state index in [2.05, 4.69) is 18.0 Å². The van der Waals surface area contributed by atoms with Gasteiger partial charge in [-0.25, -0.2) is 28.8 Å². The topological polar surface area (TPSA) is 223 Å². The molecule has 6 rings (SSSR count). The van der Waals surface area contributed by atoms with Gasteiger partial charge in [-0.15, -0.1) is 0 Å².